The fourth-order valence-electron chi connectivity index (χ4n) is 1.87. The number of aromatic nitrogens is 1. The number of nitrogens with zero attached hydrogens (tertiary/aromatic N) is 2. The first-order chi connectivity index (χ1) is 7.81. The van der Waals surface area contributed by atoms with Crippen molar-refractivity contribution in [3.63, 3.8) is 0 Å². The smallest absolute Gasteiger partial charge is 0.254 e. The quantitative estimate of drug-likeness (QED) is 0.778. The number of ether oxygens (including phenoxy) is 1. The van der Waals surface area contributed by atoms with Crippen molar-refractivity contribution in [2.45, 2.75) is 19.8 Å². The van der Waals surface area contributed by atoms with Crippen LogP contribution < -0.4 is 4.74 Å². The zero-order chi connectivity index (χ0) is 11.4. The number of hydrogen-bond acceptors (Lipinski definition) is 3. The van der Waals surface area contributed by atoms with Gasteiger partial charge in [0.25, 0.3) is 5.91 Å². The molecule has 4 heteroatoms. The largest absolute Gasteiger partial charge is 0.478 e. The van der Waals surface area contributed by atoms with E-state index in [-0.39, 0.29) is 5.91 Å². The number of carbonyl (C=O) groups excluding carboxylic acids is 1. The minimum Gasteiger partial charge on any atom is -0.478 e. The maximum absolute atomic E-state index is 12.0. The molecule has 4 nitrogen and oxygen atoms in total. The molecule has 1 aromatic rings. The van der Waals surface area contributed by atoms with Gasteiger partial charge in [-0.25, -0.2) is 4.98 Å². The van der Waals surface area contributed by atoms with E-state index < -0.39 is 0 Å². The summed E-state index contributed by atoms with van der Waals surface area (Å²) >= 11 is 0. The summed E-state index contributed by atoms with van der Waals surface area (Å²) in [6.07, 6.45) is 3.83. The van der Waals surface area contributed by atoms with Gasteiger partial charge in [-0.2, -0.15) is 0 Å². The third kappa shape index (κ3) is 2.32. The summed E-state index contributed by atoms with van der Waals surface area (Å²) in [5.74, 6) is 0.605. The van der Waals surface area contributed by atoms with Gasteiger partial charge in [-0.3, -0.25) is 4.79 Å². The molecule has 16 heavy (non-hydrogen) atoms. The van der Waals surface area contributed by atoms with E-state index in [0.29, 0.717) is 18.1 Å². The normalized spacial score (nSPS) is 15.2. The summed E-state index contributed by atoms with van der Waals surface area (Å²) < 4.78 is 5.28. The molecule has 2 heterocycles. The van der Waals surface area contributed by atoms with Gasteiger partial charge in [-0.1, -0.05) is 0 Å². The summed E-state index contributed by atoms with van der Waals surface area (Å²) in [7, 11) is 0. The highest BCUT2D eigenvalue weighted by atomic mass is 16.5. The fourth-order valence-corrected chi connectivity index (χ4v) is 1.87. The van der Waals surface area contributed by atoms with E-state index in [0.717, 1.165) is 25.9 Å². The highest BCUT2D eigenvalue weighted by Gasteiger charge is 2.19. The Hall–Kier alpha value is -1.58. The minimum absolute atomic E-state index is 0.0841. The summed E-state index contributed by atoms with van der Waals surface area (Å²) in [5, 5.41) is 0. The van der Waals surface area contributed by atoms with Crippen molar-refractivity contribution in [2.24, 2.45) is 0 Å². The van der Waals surface area contributed by atoms with Gasteiger partial charge in [0.2, 0.25) is 5.88 Å². The molecule has 0 radical (unpaired) electrons. The second-order valence-corrected chi connectivity index (χ2v) is 3.82. The van der Waals surface area contributed by atoms with E-state index >= 15 is 0 Å². The topological polar surface area (TPSA) is 42.4 Å². The van der Waals surface area contributed by atoms with Crippen molar-refractivity contribution in [2.75, 3.05) is 19.7 Å². The fraction of sp³-hybridized carbons (Fsp3) is 0.500. The van der Waals surface area contributed by atoms with Crippen LogP contribution in [0.5, 0.6) is 5.88 Å². The van der Waals surface area contributed by atoms with Crippen LogP contribution in [0, 0.1) is 0 Å². The monoisotopic (exact) mass is 220 g/mol. The predicted molar refractivity (Wildman–Crippen MR) is 60.5 cm³/mol. The van der Waals surface area contributed by atoms with Crippen LogP contribution >= 0.6 is 0 Å². The average Bonchev–Trinajstić information content (AvgIpc) is 2.82. The van der Waals surface area contributed by atoms with E-state index in [1.807, 2.05) is 11.8 Å². The van der Waals surface area contributed by atoms with Gasteiger partial charge in [0.1, 0.15) is 0 Å². The number of likely N-dealkylation sites (tertiary alicyclic amines) is 1. The Morgan fingerprint density at radius 3 is 2.94 bits per heavy atom. The molecule has 1 saturated heterocycles. The van der Waals surface area contributed by atoms with Gasteiger partial charge in [-0.05, 0) is 25.8 Å². The molecule has 1 aliphatic rings. The summed E-state index contributed by atoms with van der Waals surface area (Å²) in [4.78, 5) is 18.0. The van der Waals surface area contributed by atoms with Gasteiger partial charge < -0.3 is 9.64 Å². The molecule has 1 aliphatic heterocycles. The van der Waals surface area contributed by atoms with Crippen molar-refractivity contribution in [3.8, 4) is 5.88 Å². The molecule has 0 aliphatic carbocycles. The molecule has 86 valence electrons. The Balaban J connectivity index is 2.12. The lowest BCUT2D eigenvalue weighted by molar-refractivity contribution is 0.0792. The van der Waals surface area contributed by atoms with Gasteiger partial charge in [0.05, 0.1) is 6.61 Å². The third-order valence-corrected chi connectivity index (χ3v) is 2.67. The first-order valence-electron chi connectivity index (χ1n) is 5.69. The SMILES string of the molecule is CCOc1cc(C(=O)N2CCCC2)ccn1. The van der Waals surface area contributed by atoms with E-state index in [1.165, 1.54) is 0 Å². The minimum atomic E-state index is 0.0841. The number of pyridine rings is 1. The van der Waals surface area contributed by atoms with Crippen LogP contribution in [0.3, 0.4) is 0 Å². The first kappa shape index (κ1) is 10.9. The van der Waals surface area contributed by atoms with Gasteiger partial charge in [0.15, 0.2) is 0 Å². The highest BCUT2D eigenvalue weighted by Crippen LogP contribution is 2.15. The second-order valence-electron chi connectivity index (χ2n) is 3.82. The van der Waals surface area contributed by atoms with E-state index in [4.69, 9.17) is 4.74 Å². The third-order valence-electron chi connectivity index (χ3n) is 2.67. The summed E-state index contributed by atoms with van der Waals surface area (Å²) in [5.41, 5.74) is 0.667. The van der Waals surface area contributed by atoms with E-state index in [2.05, 4.69) is 4.98 Å². The van der Waals surface area contributed by atoms with Crippen molar-refractivity contribution in [1.82, 2.24) is 9.88 Å². The Morgan fingerprint density at radius 2 is 2.25 bits per heavy atom. The molecule has 0 N–H and O–H groups in total. The lowest BCUT2D eigenvalue weighted by Crippen LogP contribution is -2.27. The molecule has 1 fully saturated rings. The average molecular weight is 220 g/mol. The second kappa shape index (κ2) is 4.96. The van der Waals surface area contributed by atoms with Crippen LogP contribution in [0.1, 0.15) is 30.1 Å². The van der Waals surface area contributed by atoms with Gasteiger partial charge in [0, 0.05) is 30.9 Å². The molecule has 1 amide bonds. The van der Waals surface area contributed by atoms with Crippen LogP contribution in [0.25, 0.3) is 0 Å². The van der Waals surface area contributed by atoms with Crippen LogP contribution in [0.4, 0.5) is 0 Å². The molecule has 0 unspecified atom stereocenters. The maximum atomic E-state index is 12.0. The molecule has 0 atom stereocenters. The molecular formula is C12H16N2O2. The Bertz CT molecular complexity index is 373. The molecule has 0 spiro atoms. The van der Waals surface area contributed by atoms with Crippen molar-refractivity contribution in [1.29, 1.82) is 0 Å². The predicted octanol–water partition coefficient (Wildman–Crippen LogP) is 1.72. The standard InChI is InChI=1S/C12H16N2O2/c1-2-16-11-9-10(5-6-13-11)12(15)14-7-3-4-8-14/h5-6,9H,2-4,7-8H2,1H3. The van der Waals surface area contributed by atoms with Gasteiger partial charge >= 0.3 is 0 Å². The van der Waals surface area contributed by atoms with Crippen LogP contribution in [-0.2, 0) is 0 Å². The number of carbonyl (C=O) groups is 1. The van der Waals surface area contributed by atoms with Crippen LogP contribution in [0.15, 0.2) is 18.3 Å². The van der Waals surface area contributed by atoms with Crippen molar-refractivity contribution in [3.05, 3.63) is 23.9 Å². The molecule has 0 saturated carbocycles. The Morgan fingerprint density at radius 1 is 1.50 bits per heavy atom. The Labute approximate surface area is 95.2 Å². The highest BCUT2D eigenvalue weighted by molar-refractivity contribution is 5.94. The molecule has 0 aromatic carbocycles. The molecule has 2 rings (SSSR count). The van der Waals surface area contributed by atoms with Crippen molar-refractivity contribution >= 4 is 5.91 Å². The van der Waals surface area contributed by atoms with Gasteiger partial charge in [-0.15, -0.1) is 0 Å². The van der Waals surface area contributed by atoms with Crippen molar-refractivity contribution < 1.29 is 9.53 Å². The van der Waals surface area contributed by atoms with Crippen LogP contribution in [0.2, 0.25) is 0 Å². The maximum Gasteiger partial charge on any atom is 0.254 e. The number of hydrogen-bond donors (Lipinski definition) is 0. The van der Waals surface area contributed by atoms with E-state index in [1.54, 1.807) is 18.3 Å². The molecule has 0 bridgehead atoms. The summed E-state index contributed by atoms with van der Waals surface area (Å²) in [6.45, 7) is 4.20. The lowest BCUT2D eigenvalue weighted by atomic mass is 10.2. The zero-order valence-corrected chi connectivity index (χ0v) is 9.48. The van der Waals surface area contributed by atoms with E-state index in [9.17, 15) is 4.79 Å². The molecular weight excluding hydrogens is 204 g/mol. The number of rotatable bonds is 3. The number of amides is 1. The van der Waals surface area contributed by atoms with Crippen LogP contribution in [-0.4, -0.2) is 35.5 Å². The first-order valence-corrected chi connectivity index (χ1v) is 5.69. The summed E-state index contributed by atoms with van der Waals surface area (Å²) in [6, 6.07) is 3.45. The zero-order valence-electron chi connectivity index (χ0n) is 9.48. The Kier molecular flexibility index (Phi) is 3.39. The lowest BCUT2D eigenvalue weighted by Gasteiger charge is -2.15. The molecule has 1 aromatic heterocycles.